The molecule has 0 aliphatic heterocycles. The van der Waals surface area contributed by atoms with E-state index in [4.69, 9.17) is 14.6 Å². The molecule has 7 nitrogen and oxygen atoms in total. The van der Waals surface area contributed by atoms with Crippen molar-refractivity contribution >= 4 is 18.0 Å². The Morgan fingerprint density at radius 3 is 1.93 bits per heavy atom. The first-order valence-corrected chi connectivity index (χ1v) is 8.57. The molecule has 2 aromatic carbocycles. The van der Waals surface area contributed by atoms with E-state index in [1.807, 2.05) is 42.5 Å². The van der Waals surface area contributed by atoms with E-state index in [0.717, 1.165) is 18.1 Å². The molecule has 28 heavy (non-hydrogen) atoms. The molecular formula is C21H25NO6. The van der Waals surface area contributed by atoms with Gasteiger partial charge in [-0.3, -0.25) is 4.79 Å². The number of nitrogens with one attached hydrogen (secondary N) is 1. The van der Waals surface area contributed by atoms with Crippen LogP contribution in [-0.4, -0.2) is 33.8 Å². The summed E-state index contributed by atoms with van der Waals surface area (Å²) in [6.45, 7) is 6.25. The van der Waals surface area contributed by atoms with Gasteiger partial charge in [0.15, 0.2) is 6.04 Å². The highest BCUT2D eigenvalue weighted by molar-refractivity contribution is 5.84. The van der Waals surface area contributed by atoms with E-state index in [0.29, 0.717) is 5.56 Å². The number of carboxylic acid groups (broad SMARTS) is 2. The lowest BCUT2D eigenvalue weighted by atomic mass is 9.95. The number of hydrogen-bond donors (Lipinski definition) is 3. The van der Waals surface area contributed by atoms with Crippen LogP contribution in [0.15, 0.2) is 54.6 Å². The number of amides is 1. The maximum Gasteiger partial charge on any atom is 0.408 e. The molecule has 7 heteroatoms. The molecule has 0 aromatic heterocycles. The average Bonchev–Trinajstić information content (AvgIpc) is 2.58. The highest BCUT2D eigenvalue weighted by atomic mass is 16.6. The number of alkyl carbamates (subject to hydrolysis) is 1. The van der Waals surface area contributed by atoms with Crippen molar-refractivity contribution in [2.45, 2.75) is 39.3 Å². The van der Waals surface area contributed by atoms with Gasteiger partial charge < -0.3 is 20.3 Å². The van der Waals surface area contributed by atoms with Crippen LogP contribution in [0.25, 0.3) is 11.1 Å². The fourth-order valence-corrected chi connectivity index (χ4v) is 2.33. The van der Waals surface area contributed by atoms with Crippen molar-refractivity contribution in [2.24, 2.45) is 0 Å². The quantitative estimate of drug-likeness (QED) is 0.728. The third-order valence-electron chi connectivity index (χ3n) is 3.26. The van der Waals surface area contributed by atoms with Crippen molar-refractivity contribution in [1.82, 2.24) is 5.32 Å². The molecule has 1 atom stereocenters. The Labute approximate surface area is 164 Å². The fraction of sp³-hybridized carbons (Fsp3) is 0.286. The fourth-order valence-electron chi connectivity index (χ4n) is 2.33. The van der Waals surface area contributed by atoms with Crippen LogP contribution in [0.1, 0.15) is 39.3 Å². The molecule has 0 spiro atoms. The SMILES string of the molecule is CC(=O)O.CC(C)(C)OC(=O)NC(C(=O)O)c1ccccc1-c1ccccc1. The molecule has 1 amide bonds. The zero-order valence-corrected chi connectivity index (χ0v) is 16.3. The third-order valence-corrected chi connectivity index (χ3v) is 3.26. The van der Waals surface area contributed by atoms with Crippen LogP contribution in [0.5, 0.6) is 0 Å². The van der Waals surface area contributed by atoms with Gasteiger partial charge in [-0.2, -0.15) is 0 Å². The number of ether oxygens (including phenoxy) is 1. The summed E-state index contributed by atoms with van der Waals surface area (Å²) >= 11 is 0. The number of carbonyl (C=O) groups excluding carboxylic acids is 1. The predicted octanol–water partition coefficient (Wildman–Crippen LogP) is 4.09. The Morgan fingerprint density at radius 1 is 0.929 bits per heavy atom. The highest BCUT2D eigenvalue weighted by Gasteiger charge is 2.27. The summed E-state index contributed by atoms with van der Waals surface area (Å²) in [5.74, 6) is -1.98. The van der Waals surface area contributed by atoms with Gasteiger partial charge in [0.05, 0.1) is 0 Å². The van der Waals surface area contributed by atoms with Gasteiger partial charge in [0.25, 0.3) is 5.97 Å². The van der Waals surface area contributed by atoms with E-state index >= 15 is 0 Å². The zero-order valence-electron chi connectivity index (χ0n) is 16.3. The summed E-state index contributed by atoms with van der Waals surface area (Å²) in [6.07, 6.45) is -0.766. The molecule has 150 valence electrons. The van der Waals surface area contributed by atoms with Crippen LogP contribution in [0, 0.1) is 0 Å². The van der Waals surface area contributed by atoms with E-state index in [1.165, 1.54) is 0 Å². The summed E-state index contributed by atoms with van der Waals surface area (Å²) in [4.78, 5) is 32.7. The number of carboxylic acids is 2. The molecule has 2 rings (SSSR count). The van der Waals surface area contributed by atoms with Crippen molar-refractivity contribution in [3.63, 3.8) is 0 Å². The van der Waals surface area contributed by atoms with Crippen LogP contribution in [0.2, 0.25) is 0 Å². The van der Waals surface area contributed by atoms with Crippen LogP contribution in [-0.2, 0) is 14.3 Å². The summed E-state index contributed by atoms with van der Waals surface area (Å²) in [7, 11) is 0. The predicted molar refractivity (Wildman–Crippen MR) is 105 cm³/mol. The first kappa shape index (κ1) is 22.7. The summed E-state index contributed by atoms with van der Waals surface area (Å²) in [5, 5.41) is 19.4. The summed E-state index contributed by atoms with van der Waals surface area (Å²) < 4.78 is 5.17. The van der Waals surface area contributed by atoms with Gasteiger partial charge in [0.1, 0.15) is 5.60 Å². The molecule has 0 saturated heterocycles. The molecule has 0 bridgehead atoms. The van der Waals surface area contributed by atoms with Crippen molar-refractivity contribution in [3.8, 4) is 11.1 Å². The lowest BCUT2D eigenvalue weighted by Crippen LogP contribution is -2.38. The summed E-state index contributed by atoms with van der Waals surface area (Å²) in [6, 6.07) is 15.3. The van der Waals surface area contributed by atoms with E-state index in [1.54, 1.807) is 32.9 Å². The monoisotopic (exact) mass is 387 g/mol. The molecular weight excluding hydrogens is 362 g/mol. The first-order valence-electron chi connectivity index (χ1n) is 8.57. The second-order valence-corrected chi connectivity index (χ2v) is 6.89. The van der Waals surface area contributed by atoms with E-state index in [2.05, 4.69) is 5.32 Å². The van der Waals surface area contributed by atoms with Crippen molar-refractivity contribution in [2.75, 3.05) is 0 Å². The number of aliphatic carboxylic acids is 2. The van der Waals surface area contributed by atoms with E-state index < -0.39 is 29.7 Å². The molecule has 1 unspecified atom stereocenters. The summed E-state index contributed by atoms with van der Waals surface area (Å²) in [5.41, 5.74) is 1.43. The Bertz CT molecular complexity index is 807. The van der Waals surface area contributed by atoms with Gasteiger partial charge in [0.2, 0.25) is 0 Å². The third kappa shape index (κ3) is 7.90. The van der Waals surface area contributed by atoms with Gasteiger partial charge in [-0.25, -0.2) is 9.59 Å². The van der Waals surface area contributed by atoms with E-state index in [9.17, 15) is 14.7 Å². The van der Waals surface area contributed by atoms with Crippen molar-refractivity contribution in [1.29, 1.82) is 0 Å². The van der Waals surface area contributed by atoms with Crippen LogP contribution < -0.4 is 5.32 Å². The molecule has 3 N–H and O–H groups in total. The Kier molecular flexibility index (Phi) is 8.19. The lowest BCUT2D eigenvalue weighted by molar-refractivity contribution is -0.139. The maximum absolute atomic E-state index is 12.0. The minimum absolute atomic E-state index is 0.502. The Balaban J connectivity index is 0.000000892. The maximum atomic E-state index is 12.0. The van der Waals surface area contributed by atoms with Gasteiger partial charge in [-0.1, -0.05) is 54.6 Å². The minimum Gasteiger partial charge on any atom is -0.481 e. The van der Waals surface area contributed by atoms with Gasteiger partial charge >= 0.3 is 12.1 Å². The zero-order chi connectivity index (χ0) is 21.3. The number of carbonyl (C=O) groups is 3. The molecule has 0 fully saturated rings. The van der Waals surface area contributed by atoms with Crippen molar-refractivity contribution in [3.05, 3.63) is 60.2 Å². The van der Waals surface area contributed by atoms with Crippen molar-refractivity contribution < 1.29 is 29.3 Å². The molecule has 0 aliphatic carbocycles. The highest BCUT2D eigenvalue weighted by Crippen LogP contribution is 2.28. The second kappa shape index (κ2) is 10.1. The largest absolute Gasteiger partial charge is 0.481 e. The van der Waals surface area contributed by atoms with Gasteiger partial charge in [-0.15, -0.1) is 0 Å². The van der Waals surface area contributed by atoms with Gasteiger partial charge in [-0.05, 0) is 37.5 Å². The molecule has 2 aromatic rings. The van der Waals surface area contributed by atoms with Crippen LogP contribution in [0.4, 0.5) is 4.79 Å². The standard InChI is InChI=1S/C19H21NO4.C2H4O2/c1-19(2,3)24-18(23)20-16(17(21)22)15-12-8-7-11-14(15)13-9-5-4-6-10-13;1-2(3)4/h4-12,16H,1-3H3,(H,20,23)(H,21,22);1H3,(H,3,4). The van der Waals surface area contributed by atoms with Crippen LogP contribution in [0.3, 0.4) is 0 Å². The Morgan fingerprint density at radius 2 is 1.43 bits per heavy atom. The minimum atomic E-state index is -1.20. The average molecular weight is 387 g/mol. The molecule has 0 aliphatic rings. The molecule has 0 heterocycles. The second-order valence-electron chi connectivity index (χ2n) is 6.89. The number of rotatable bonds is 4. The smallest absolute Gasteiger partial charge is 0.408 e. The Hall–Kier alpha value is -3.35. The normalized spacial score (nSPS) is 11.4. The van der Waals surface area contributed by atoms with Crippen LogP contribution >= 0.6 is 0 Å². The van der Waals surface area contributed by atoms with Gasteiger partial charge in [0, 0.05) is 6.92 Å². The molecule has 0 radical (unpaired) electrons. The topological polar surface area (TPSA) is 113 Å². The first-order chi connectivity index (χ1) is 13.0. The molecule has 0 saturated carbocycles. The van der Waals surface area contributed by atoms with E-state index in [-0.39, 0.29) is 0 Å². The number of hydrogen-bond acceptors (Lipinski definition) is 4. The number of benzene rings is 2. The lowest BCUT2D eigenvalue weighted by Gasteiger charge is -2.23.